The van der Waals surface area contributed by atoms with Crippen LogP contribution in [-0.2, 0) is 4.74 Å². The molecule has 1 fully saturated rings. The Labute approximate surface area is 115 Å². The van der Waals surface area contributed by atoms with E-state index in [4.69, 9.17) is 0 Å². The number of carbonyl (C=O) groups is 1. The summed E-state index contributed by atoms with van der Waals surface area (Å²) in [5, 5.41) is 2.02. The normalized spacial score (nSPS) is 21.6. The third-order valence-electron chi connectivity index (χ3n) is 2.36. The van der Waals surface area contributed by atoms with Crippen molar-refractivity contribution in [1.29, 1.82) is 0 Å². The fraction of sp³-hybridized carbons (Fsp3) is 0.300. The second-order valence-electron chi connectivity index (χ2n) is 3.59. The van der Waals surface area contributed by atoms with Crippen LogP contribution >= 0.6 is 28.3 Å². The van der Waals surface area contributed by atoms with Gasteiger partial charge in [0.1, 0.15) is 11.9 Å². The van der Waals surface area contributed by atoms with Gasteiger partial charge in [0.15, 0.2) is 6.61 Å². The fourth-order valence-corrected chi connectivity index (χ4v) is 1.93. The van der Waals surface area contributed by atoms with E-state index < -0.39 is 30.5 Å². The summed E-state index contributed by atoms with van der Waals surface area (Å²) in [5.41, 5.74) is 0.111. The Morgan fingerprint density at radius 3 is 2.72 bits per heavy atom. The summed E-state index contributed by atoms with van der Waals surface area (Å²) in [6.45, 7) is -0.988. The number of cyclic esters (lactones) is 1. The number of alkyl halides is 2. The molecule has 0 unspecified atom stereocenters. The van der Waals surface area contributed by atoms with Gasteiger partial charge < -0.3 is 10.1 Å². The smallest absolute Gasteiger partial charge is 0.408 e. The molecule has 0 aromatic heterocycles. The molecule has 1 amide bonds. The molecule has 1 aliphatic heterocycles. The summed E-state index contributed by atoms with van der Waals surface area (Å²) < 4.78 is 44.3. The standard InChI is InChI=1S/C10H7BrF3NO2.ClH/c11-6-3-5(1-2-7(6)12)8-10(13,14)4-17-9(16)15-8;/h1-3,8H,4H2,(H,15,16);1H/t8-;/m1./s1. The number of nitrogens with one attached hydrogen (secondary N) is 1. The first-order valence-electron chi connectivity index (χ1n) is 4.66. The van der Waals surface area contributed by atoms with E-state index in [0.717, 1.165) is 6.07 Å². The van der Waals surface area contributed by atoms with Gasteiger partial charge in [0, 0.05) is 0 Å². The number of hydrogen-bond acceptors (Lipinski definition) is 2. The molecule has 3 nitrogen and oxygen atoms in total. The molecule has 0 radical (unpaired) electrons. The summed E-state index contributed by atoms with van der Waals surface area (Å²) in [5.74, 6) is -3.79. The molecular weight excluding hydrogens is 338 g/mol. The zero-order valence-corrected chi connectivity index (χ0v) is 11.2. The zero-order chi connectivity index (χ0) is 12.6. The lowest BCUT2D eigenvalue weighted by molar-refractivity contribution is -0.104. The molecule has 1 atom stereocenters. The molecule has 1 aromatic carbocycles. The number of hydrogen-bond donors (Lipinski definition) is 1. The van der Waals surface area contributed by atoms with Gasteiger partial charge in [-0.1, -0.05) is 6.07 Å². The molecule has 1 heterocycles. The topological polar surface area (TPSA) is 38.3 Å². The van der Waals surface area contributed by atoms with Crippen molar-refractivity contribution in [2.45, 2.75) is 12.0 Å². The Hall–Kier alpha value is -0.950. The predicted octanol–water partition coefficient (Wildman–Crippen LogP) is 3.43. The molecular formula is C10H8BrClF3NO2. The van der Waals surface area contributed by atoms with Crippen molar-refractivity contribution < 1.29 is 22.7 Å². The Balaban J connectivity index is 0.00000162. The van der Waals surface area contributed by atoms with E-state index in [1.807, 2.05) is 5.32 Å². The van der Waals surface area contributed by atoms with Crippen LogP contribution in [0.2, 0.25) is 0 Å². The minimum absolute atomic E-state index is 0. The van der Waals surface area contributed by atoms with Crippen LogP contribution in [0.3, 0.4) is 0 Å². The van der Waals surface area contributed by atoms with E-state index in [0.29, 0.717) is 0 Å². The van der Waals surface area contributed by atoms with Gasteiger partial charge in [0.25, 0.3) is 0 Å². The van der Waals surface area contributed by atoms with Crippen LogP contribution in [0.5, 0.6) is 0 Å². The van der Waals surface area contributed by atoms with Gasteiger partial charge in [0.05, 0.1) is 4.47 Å². The minimum Gasteiger partial charge on any atom is -0.443 e. The number of alkyl carbamates (subject to hydrolysis) is 1. The Morgan fingerprint density at radius 1 is 1.44 bits per heavy atom. The van der Waals surface area contributed by atoms with E-state index in [9.17, 15) is 18.0 Å². The van der Waals surface area contributed by atoms with Gasteiger partial charge in [-0.25, -0.2) is 18.0 Å². The van der Waals surface area contributed by atoms with Crippen LogP contribution in [0.1, 0.15) is 11.6 Å². The Bertz CT molecular complexity index is 472. The van der Waals surface area contributed by atoms with Gasteiger partial charge in [-0.3, -0.25) is 0 Å². The highest BCUT2D eigenvalue weighted by Crippen LogP contribution is 2.35. The van der Waals surface area contributed by atoms with Crippen LogP contribution in [-0.4, -0.2) is 18.6 Å². The summed E-state index contributed by atoms with van der Waals surface area (Å²) in [7, 11) is 0. The van der Waals surface area contributed by atoms with Gasteiger partial charge in [-0.15, -0.1) is 12.4 Å². The number of halogens is 5. The maximum absolute atomic E-state index is 13.5. The SMILES string of the molecule is Cl.O=C1N[C@H](c2ccc(F)c(Br)c2)C(F)(F)CO1. The third-order valence-corrected chi connectivity index (χ3v) is 2.96. The van der Waals surface area contributed by atoms with Gasteiger partial charge in [0.2, 0.25) is 0 Å². The molecule has 1 saturated heterocycles. The first kappa shape index (κ1) is 15.1. The highest BCUT2D eigenvalue weighted by molar-refractivity contribution is 9.10. The number of amides is 1. The second-order valence-corrected chi connectivity index (χ2v) is 4.44. The second kappa shape index (κ2) is 5.36. The van der Waals surface area contributed by atoms with Crippen molar-refractivity contribution in [2.75, 3.05) is 6.61 Å². The molecule has 0 spiro atoms. The minimum atomic E-state index is -3.23. The van der Waals surface area contributed by atoms with E-state index in [2.05, 4.69) is 20.7 Å². The molecule has 2 rings (SSSR count). The monoisotopic (exact) mass is 345 g/mol. The molecule has 1 aromatic rings. The van der Waals surface area contributed by atoms with Crippen LogP contribution in [0.25, 0.3) is 0 Å². The van der Waals surface area contributed by atoms with Crippen molar-refractivity contribution in [2.24, 2.45) is 0 Å². The number of carbonyl (C=O) groups excluding carboxylic acids is 1. The van der Waals surface area contributed by atoms with Gasteiger partial charge >= 0.3 is 12.0 Å². The molecule has 1 aliphatic rings. The molecule has 0 aliphatic carbocycles. The summed E-state index contributed by atoms with van der Waals surface area (Å²) in [6.07, 6.45) is -0.915. The van der Waals surface area contributed by atoms with Gasteiger partial charge in [-0.2, -0.15) is 0 Å². The first-order chi connectivity index (χ1) is 7.90. The summed E-state index contributed by atoms with van der Waals surface area (Å²) in [4.78, 5) is 10.9. The first-order valence-corrected chi connectivity index (χ1v) is 5.45. The maximum atomic E-state index is 13.5. The molecule has 1 N–H and O–H groups in total. The molecule has 0 bridgehead atoms. The van der Waals surface area contributed by atoms with Crippen molar-refractivity contribution in [1.82, 2.24) is 5.32 Å². The fourth-order valence-electron chi connectivity index (χ4n) is 1.53. The van der Waals surface area contributed by atoms with E-state index >= 15 is 0 Å². The Morgan fingerprint density at radius 2 is 2.11 bits per heavy atom. The van der Waals surface area contributed by atoms with Crippen LogP contribution < -0.4 is 5.32 Å². The average Bonchev–Trinajstić information content (AvgIpc) is 2.26. The van der Waals surface area contributed by atoms with Crippen LogP contribution in [0.15, 0.2) is 22.7 Å². The number of ether oxygens (including phenoxy) is 1. The lowest BCUT2D eigenvalue weighted by Gasteiger charge is -2.31. The van der Waals surface area contributed by atoms with Crippen LogP contribution in [0, 0.1) is 5.82 Å². The molecule has 8 heteroatoms. The van der Waals surface area contributed by atoms with Crippen LogP contribution in [0.4, 0.5) is 18.0 Å². The highest BCUT2D eigenvalue weighted by atomic mass is 79.9. The van der Waals surface area contributed by atoms with E-state index in [1.165, 1.54) is 12.1 Å². The van der Waals surface area contributed by atoms with E-state index in [1.54, 1.807) is 0 Å². The van der Waals surface area contributed by atoms with Crippen molar-refractivity contribution >= 4 is 34.4 Å². The highest BCUT2D eigenvalue weighted by Gasteiger charge is 2.46. The molecule has 100 valence electrons. The zero-order valence-electron chi connectivity index (χ0n) is 8.75. The lowest BCUT2D eigenvalue weighted by Crippen LogP contribution is -2.49. The average molecular weight is 347 g/mol. The van der Waals surface area contributed by atoms with Crippen molar-refractivity contribution in [3.8, 4) is 0 Å². The molecule has 18 heavy (non-hydrogen) atoms. The Kier molecular flexibility index (Phi) is 4.50. The number of benzene rings is 1. The van der Waals surface area contributed by atoms with Crippen molar-refractivity contribution in [3.05, 3.63) is 34.1 Å². The number of rotatable bonds is 1. The van der Waals surface area contributed by atoms with Gasteiger partial charge in [-0.05, 0) is 33.6 Å². The molecule has 0 saturated carbocycles. The predicted molar refractivity (Wildman–Crippen MR) is 63.5 cm³/mol. The maximum Gasteiger partial charge on any atom is 0.408 e. The quantitative estimate of drug-likeness (QED) is 0.846. The van der Waals surface area contributed by atoms with E-state index in [-0.39, 0.29) is 22.4 Å². The largest absolute Gasteiger partial charge is 0.443 e. The third kappa shape index (κ3) is 2.89. The summed E-state index contributed by atoms with van der Waals surface area (Å²) >= 11 is 2.90. The lowest BCUT2D eigenvalue weighted by atomic mass is 10.0. The van der Waals surface area contributed by atoms with Crippen molar-refractivity contribution in [3.63, 3.8) is 0 Å². The summed E-state index contributed by atoms with van der Waals surface area (Å²) in [6, 6.07) is 1.95.